The maximum Gasteiger partial charge on any atom is 3.00 e. The Kier molecular flexibility index (Phi) is 7.06. The predicted molar refractivity (Wildman–Crippen MR) is 79.2 cm³/mol. The number of nitrogens with one attached hydrogen (secondary N) is 1. The molecule has 0 saturated carbocycles. The summed E-state index contributed by atoms with van der Waals surface area (Å²) in [5.74, 6) is 3.26. The maximum absolute atomic E-state index is 4.46. The van der Waals surface area contributed by atoms with Gasteiger partial charge in [-0.3, -0.25) is 4.98 Å². The van der Waals surface area contributed by atoms with Crippen molar-refractivity contribution in [3.05, 3.63) is 40.0 Å². The van der Waals surface area contributed by atoms with Crippen molar-refractivity contribution in [3.8, 4) is 0 Å². The second-order valence-electron chi connectivity index (χ2n) is 4.65. The van der Waals surface area contributed by atoms with Crippen LogP contribution in [0.3, 0.4) is 0 Å². The Bertz CT molecular complexity index is 528. The largest absolute Gasteiger partial charge is 3.00 e. The molecule has 0 bridgehead atoms. The number of nitrogens with zero attached hydrogens (tertiary/aromatic N) is 3. The zero-order valence-corrected chi connectivity index (χ0v) is 16.0. The summed E-state index contributed by atoms with van der Waals surface area (Å²) in [4.78, 5) is 14.5. The molecular formula is C14H19N4SY+2. The number of anilines is 1. The van der Waals surface area contributed by atoms with Crippen molar-refractivity contribution in [1.29, 1.82) is 0 Å². The van der Waals surface area contributed by atoms with E-state index in [9.17, 15) is 0 Å². The van der Waals surface area contributed by atoms with Gasteiger partial charge in [0.15, 0.2) is 0 Å². The zero-order chi connectivity index (χ0) is 13.8. The average Bonchev–Trinajstić information content (AvgIpc) is 2.89. The molecular weight excluding hydrogens is 345 g/mol. The first-order chi connectivity index (χ1) is 9.10. The van der Waals surface area contributed by atoms with E-state index in [-0.39, 0.29) is 38.8 Å². The van der Waals surface area contributed by atoms with Crippen LogP contribution in [0, 0.1) is 12.8 Å². The number of hydrogen-bond donors (Lipinski definition) is 1. The van der Waals surface area contributed by atoms with Crippen molar-refractivity contribution in [2.24, 2.45) is 0 Å². The van der Waals surface area contributed by atoms with E-state index in [2.05, 4.69) is 44.7 Å². The van der Waals surface area contributed by atoms with Crippen molar-refractivity contribution in [2.45, 2.75) is 40.2 Å². The fourth-order valence-electron chi connectivity index (χ4n) is 1.79. The molecule has 2 aromatic heterocycles. The number of rotatable bonds is 5. The minimum Gasteiger partial charge on any atom is -0.347 e. The molecule has 102 valence electrons. The molecule has 2 rings (SSSR count). The van der Waals surface area contributed by atoms with Gasteiger partial charge >= 0.3 is 32.7 Å². The molecule has 6 heteroatoms. The molecule has 2 heterocycles. The summed E-state index contributed by atoms with van der Waals surface area (Å²) in [7, 11) is 0. The van der Waals surface area contributed by atoms with Gasteiger partial charge in [-0.25, -0.2) is 4.98 Å². The molecule has 0 saturated heterocycles. The molecule has 0 aliphatic heterocycles. The average molecular weight is 364 g/mol. The third-order valence-corrected chi connectivity index (χ3v) is 3.78. The van der Waals surface area contributed by atoms with Crippen LogP contribution in [-0.2, 0) is 32.7 Å². The molecule has 0 spiro atoms. The molecule has 0 aliphatic rings. The van der Waals surface area contributed by atoms with Crippen LogP contribution in [0.15, 0.2) is 17.5 Å². The maximum atomic E-state index is 4.46. The molecule has 20 heavy (non-hydrogen) atoms. The Morgan fingerprint density at radius 1 is 1.30 bits per heavy atom. The van der Waals surface area contributed by atoms with E-state index in [1.54, 1.807) is 11.3 Å². The van der Waals surface area contributed by atoms with Gasteiger partial charge in [0.05, 0.1) is 6.04 Å². The van der Waals surface area contributed by atoms with Gasteiger partial charge in [0, 0.05) is 10.7 Å². The quantitative estimate of drug-likeness (QED) is 0.821. The number of hydrogen-bond acceptors (Lipinski definition) is 5. The van der Waals surface area contributed by atoms with E-state index in [1.165, 1.54) is 4.88 Å². The molecule has 0 fully saturated rings. The third kappa shape index (κ3) is 4.50. The first-order valence-electron chi connectivity index (χ1n) is 6.43. The fourth-order valence-corrected chi connectivity index (χ4v) is 2.65. The summed E-state index contributed by atoms with van der Waals surface area (Å²) in [5, 5.41) is 5.49. The second kappa shape index (κ2) is 8.06. The Hall–Kier alpha value is -0.516. The standard InChI is InChI=1S/C14H19N4S.Y/c1-5-11(12-7-6-8-19-12)17-14-16-10(4)15-13(18-14)9(2)3;/h6-8,11H,5H2,1-4H3,(H,15,16,17,18);/q-1;+3. The Balaban J connectivity index is 0.00000200. The first kappa shape index (κ1) is 17.5. The molecule has 0 aliphatic carbocycles. The molecule has 4 nitrogen and oxygen atoms in total. The first-order valence-corrected chi connectivity index (χ1v) is 7.31. The van der Waals surface area contributed by atoms with E-state index in [4.69, 9.17) is 0 Å². The summed E-state index contributed by atoms with van der Waals surface area (Å²) in [6.45, 7) is 8.07. The van der Waals surface area contributed by atoms with Crippen LogP contribution in [0.25, 0.3) is 0 Å². The predicted octanol–water partition coefficient (Wildman–Crippen LogP) is 3.76. The van der Waals surface area contributed by atoms with E-state index in [1.807, 2.05) is 20.8 Å². The van der Waals surface area contributed by atoms with E-state index >= 15 is 0 Å². The van der Waals surface area contributed by atoms with Crippen molar-refractivity contribution >= 4 is 17.3 Å². The number of aromatic nitrogens is 3. The minimum absolute atomic E-state index is 0. The third-order valence-electron chi connectivity index (χ3n) is 2.79. The molecule has 1 atom stereocenters. The fraction of sp³-hybridized carbons (Fsp3) is 0.429. The Morgan fingerprint density at radius 3 is 2.60 bits per heavy atom. The van der Waals surface area contributed by atoms with Crippen LogP contribution >= 0.6 is 11.3 Å². The van der Waals surface area contributed by atoms with Crippen molar-refractivity contribution in [1.82, 2.24) is 15.0 Å². The van der Waals surface area contributed by atoms with Crippen LogP contribution in [0.1, 0.15) is 49.8 Å². The topological polar surface area (TPSA) is 50.7 Å². The van der Waals surface area contributed by atoms with Crippen molar-refractivity contribution < 1.29 is 32.7 Å². The van der Waals surface area contributed by atoms with Gasteiger partial charge in [-0.1, -0.05) is 13.0 Å². The summed E-state index contributed by atoms with van der Waals surface area (Å²) in [6, 6.07) is 4.46. The normalized spacial score (nSPS) is 11.6. The van der Waals surface area contributed by atoms with Crippen LogP contribution < -0.4 is 5.32 Å². The summed E-state index contributed by atoms with van der Waals surface area (Å²) >= 11 is 1.75. The van der Waals surface area contributed by atoms with Gasteiger partial charge < -0.3 is 11.2 Å². The van der Waals surface area contributed by atoms with Crippen molar-refractivity contribution in [3.63, 3.8) is 0 Å². The molecule has 0 aromatic carbocycles. The number of aryl methyl sites for hydroxylation is 1. The molecule has 0 amide bonds. The SMILES string of the molecule is CCC(Nc1nc(C)nc([C-](C)C)n1)c1cccs1.[Y+3]. The Morgan fingerprint density at radius 2 is 2.05 bits per heavy atom. The summed E-state index contributed by atoms with van der Waals surface area (Å²) in [6.07, 6.45) is 0.995. The van der Waals surface area contributed by atoms with Crippen molar-refractivity contribution in [2.75, 3.05) is 5.32 Å². The molecule has 2 aromatic rings. The molecule has 1 unspecified atom stereocenters. The van der Waals surface area contributed by atoms with Gasteiger partial charge in [-0.15, -0.1) is 11.3 Å². The van der Waals surface area contributed by atoms with E-state index in [0.717, 1.165) is 24.0 Å². The van der Waals surface area contributed by atoms with Crippen LogP contribution in [0.5, 0.6) is 0 Å². The van der Waals surface area contributed by atoms with Gasteiger partial charge in [-0.05, 0) is 24.8 Å². The van der Waals surface area contributed by atoms with Crippen LogP contribution in [-0.4, -0.2) is 15.0 Å². The monoisotopic (exact) mass is 364 g/mol. The summed E-state index contributed by atoms with van der Waals surface area (Å²) < 4.78 is 0. The van der Waals surface area contributed by atoms with Gasteiger partial charge in [0.25, 0.3) is 0 Å². The van der Waals surface area contributed by atoms with E-state index < -0.39 is 0 Å². The summed E-state index contributed by atoms with van der Waals surface area (Å²) in [5.41, 5.74) is 0. The number of thiophene rings is 1. The molecule has 0 radical (unpaired) electrons. The van der Waals surface area contributed by atoms with Gasteiger partial charge in [0.1, 0.15) is 5.82 Å². The van der Waals surface area contributed by atoms with Crippen LogP contribution in [0.2, 0.25) is 0 Å². The molecule has 1 N–H and O–H groups in total. The van der Waals surface area contributed by atoms with E-state index in [0.29, 0.717) is 5.95 Å². The minimum atomic E-state index is 0. The Labute approximate surface area is 149 Å². The van der Waals surface area contributed by atoms with Gasteiger partial charge in [0.2, 0.25) is 5.95 Å². The van der Waals surface area contributed by atoms with Gasteiger partial charge in [-0.2, -0.15) is 18.8 Å². The zero-order valence-electron chi connectivity index (χ0n) is 12.3. The smallest absolute Gasteiger partial charge is 0.347 e. The second-order valence-corrected chi connectivity index (χ2v) is 5.63. The van der Waals surface area contributed by atoms with Crippen LogP contribution in [0.4, 0.5) is 5.95 Å².